The van der Waals surface area contributed by atoms with Crippen molar-refractivity contribution in [2.75, 3.05) is 17.2 Å². The van der Waals surface area contributed by atoms with Gasteiger partial charge in [0.2, 0.25) is 10.1 Å². The van der Waals surface area contributed by atoms with Crippen LogP contribution in [0.25, 0.3) is 16.2 Å². The van der Waals surface area contributed by atoms with Gasteiger partial charge < -0.3 is 10.6 Å². The van der Waals surface area contributed by atoms with Gasteiger partial charge in [0.15, 0.2) is 0 Å². The minimum Gasteiger partial charge on any atom is -0.385 e. The fraction of sp³-hybridized carbons (Fsp3) is 0.211. The monoisotopic (exact) mass is 364 g/mol. The van der Waals surface area contributed by atoms with E-state index in [4.69, 9.17) is 0 Å². The second-order valence-electron chi connectivity index (χ2n) is 5.98. The molecule has 4 rings (SSSR count). The van der Waals surface area contributed by atoms with Gasteiger partial charge >= 0.3 is 0 Å². The summed E-state index contributed by atoms with van der Waals surface area (Å²) in [7, 11) is 0. The molecule has 0 atom stereocenters. The van der Waals surface area contributed by atoms with Crippen molar-refractivity contribution in [2.24, 2.45) is 0 Å². The lowest BCUT2D eigenvalue weighted by molar-refractivity contribution is 0.961. The van der Waals surface area contributed by atoms with E-state index in [-0.39, 0.29) is 0 Å². The van der Waals surface area contributed by atoms with Crippen molar-refractivity contribution in [1.29, 1.82) is 0 Å². The van der Waals surface area contributed by atoms with Crippen molar-refractivity contribution in [3.63, 3.8) is 0 Å². The lowest BCUT2D eigenvalue weighted by Gasteiger charge is -2.06. The molecule has 0 aliphatic rings. The number of nitrogens with zero attached hydrogens (tertiary/aromatic N) is 4. The molecular formula is C19H20N6S. The van der Waals surface area contributed by atoms with Gasteiger partial charge in [-0.25, -0.2) is 9.50 Å². The van der Waals surface area contributed by atoms with Crippen LogP contribution in [0.4, 0.5) is 10.8 Å². The number of nitrogens with one attached hydrogen (secondary N) is 2. The predicted octanol–water partition coefficient (Wildman–Crippen LogP) is 4.29. The average molecular weight is 364 g/mol. The highest BCUT2D eigenvalue weighted by molar-refractivity contribution is 7.20. The Hall–Kier alpha value is -2.93. The van der Waals surface area contributed by atoms with Crippen molar-refractivity contribution in [3.8, 4) is 11.3 Å². The molecule has 7 heteroatoms. The number of aromatic nitrogens is 4. The molecule has 2 N–H and O–H groups in total. The Labute approximate surface area is 155 Å². The van der Waals surface area contributed by atoms with Gasteiger partial charge in [-0.1, -0.05) is 30.4 Å². The van der Waals surface area contributed by atoms with Crippen molar-refractivity contribution in [2.45, 2.75) is 19.9 Å². The second-order valence-corrected chi connectivity index (χ2v) is 6.94. The van der Waals surface area contributed by atoms with Crippen molar-refractivity contribution < 1.29 is 0 Å². The van der Waals surface area contributed by atoms with Gasteiger partial charge in [0, 0.05) is 36.7 Å². The SMILES string of the molecule is CCCNc1ccc(CNc2nn3cc(-c4cccnc4)nc3s2)cc1. The molecule has 0 unspecified atom stereocenters. The highest BCUT2D eigenvalue weighted by Gasteiger charge is 2.09. The van der Waals surface area contributed by atoms with Crippen LogP contribution in [-0.4, -0.2) is 26.1 Å². The Kier molecular flexibility index (Phi) is 4.79. The summed E-state index contributed by atoms with van der Waals surface area (Å²) in [4.78, 5) is 9.63. The van der Waals surface area contributed by atoms with Crippen LogP contribution in [0, 0.1) is 0 Å². The van der Waals surface area contributed by atoms with Crippen LogP contribution in [0.2, 0.25) is 0 Å². The van der Waals surface area contributed by atoms with E-state index in [1.165, 1.54) is 5.56 Å². The first-order valence-electron chi connectivity index (χ1n) is 8.65. The molecule has 0 spiro atoms. The van der Waals surface area contributed by atoms with E-state index in [0.29, 0.717) is 0 Å². The first-order chi connectivity index (χ1) is 12.8. The molecule has 0 fully saturated rings. The summed E-state index contributed by atoms with van der Waals surface area (Å²) in [5.74, 6) is 0. The number of anilines is 2. The van der Waals surface area contributed by atoms with Crippen LogP contribution in [-0.2, 0) is 6.54 Å². The summed E-state index contributed by atoms with van der Waals surface area (Å²) in [5, 5.41) is 12.2. The van der Waals surface area contributed by atoms with Crippen LogP contribution < -0.4 is 10.6 Å². The topological polar surface area (TPSA) is 67.1 Å². The zero-order valence-corrected chi connectivity index (χ0v) is 15.3. The van der Waals surface area contributed by atoms with E-state index in [1.54, 1.807) is 17.5 Å². The number of hydrogen-bond donors (Lipinski definition) is 2. The third-order valence-corrected chi connectivity index (χ3v) is 4.86. The molecule has 0 aliphatic heterocycles. The Morgan fingerprint density at radius 3 is 2.73 bits per heavy atom. The van der Waals surface area contributed by atoms with Crippen LogP contribution in [0.1, 0.15) is 18.9 Å². The number of pyridine rings is 1. The summed E-state index contributed by atoms with van der Waals surface area (Å²) >= 11 is 1.54. The summed E-state index contributed by atoms with van der Waals surface area (Å²) in [6.07, 6.45) is 6.62. The number of imidazole rings is 1. The molecule has 4 aromatic rings. The Bertz CT molecular complexity index is 943. The summed E-state index contributed by atoms with van der Waals surface area (Å²) in [6.45, 7) is 3.90. The van der Waals surface area contributed by atoms with Crippen LogP contribution >= 0.6 is 11.3 Å². The lowest BCUT2D eigenvalue weighted by Crippen LogP contribution is -2.01. The normalized spacial score (nSPS) is 11.0. The molecular weight excluding hydrogens is 344 g/mol. The average Bonchev–Trinajstić information content (AvgIpc) is 3.25. The second kappa shape index (κ2) is 7.53. The number of hydrogen-bond acceptors (Lipinski definition) is 6. The van der Waals surface area contributed by atoms with Gasteiger partial charge in [0.05, 0.1) is 11.9 Å². The number of benzene rings is 1. The minimum atomic E-state index is 0.736. The third-order valence-electron chi connectivity index (χ3n) is 3.98. The third kappa shape index (κ3) is 3.67. The standard InChI is InChI=1S/C19H20N6S/c1-2-9-21-16-7-5-14(6-8-16)11-22-18-24-25-13-17(23-19(25)26-18)15-4-3-10-20-12-15/h3-8,10,12-13,21H,2,9,11H2,1H3,(H,22,24). The molecule has 0 saturated heterocycles. The molecule has 0 saturated carbocycles. The number of fused-ring (bicyclic) bond motifs is 1. The highest BCUT2D eigenvalue weighted by Crippen LogP contribution is 2.24. The molecule has 1 aromatic carbocycles. The first-order valence-corrected chi connectivity index (χ1v) is 9.47. The van der Waals surface area contributed by atoms with Gasteiger partial charge in [-0.2, -0.15) is 0 Å². The fourth-order valence-electron chi connectivity index (χ4n) is 2.61. The van der Waals surface area contributed by atoms with Crippen LogP contribution in [0.5, 0.6) is 0 Å². The summed E-state index contributed by atoms with van der Waals surface area (Å²) in [5.41, 5.74) is 4.26. The van der Waals surface area contributed by atoms with E-state index in [9.17, 15) is 0 Å². The molecule has 0 radical (unpaired) electrons. The molecule has 0 aliphatic carbocycles. The molecule has 0 bridgehead atoms. The van der Waals surface area contributed by atoms with Crippen molar-refractivity contribution >= 4 is 27.1 Å². The zero-order chi connectivity index (χ0) is 17.8. The van der Waals surface area contributed by atoms with E-state index < -0.39 is 0 Å². The fourth-order valence-corrected chi connectivity index (χ4v) is 3.39. The summed E-state index contributed by atoms with van der Waals surface area (Å²) in [6, 6.07) is 12.4. The van der Waals surface area contributed by atoms with Gasteiger partial charge in [0.1, 0.15) is 0 Å². The maximum absolute atomic E-state index is 4.63. The molecule has 26 heavy (non-hydrogen) atoms. The van der Waals surface area contributed by atoms with Crippen molar-refractivity contribution in [3.05, 3.63) is 60.6 Å². The van der Waals surface area contributed by atoms with Gasteiger partial charge in [0.25, 0.3) is 0 Å². The Balaban J connectivity index is 1.41. The molecule has 3 aromatic heterocycles. The lowest BCUT2D eigenvalue weighted by atomic mass is 10.2. The predicted molar refractivity (Wildman–Crippen MR) is 107 cm³/mol. The molecule has 0 amide bonds. The zero-order valence-electron chi connectivity index (χ0n) is 14.5. The van der Waals surface area contributed by atoms with Crippen LogP contribution in [0.15, 0.2) is 55.0 Å². The summed E-state index contributed by atoms with van der Waals surface area (Å²) < 4.78 is 1.81. The first kappa shape index (κ1) is 16.5. The maximum Gasteiger partial charge on any atom is 0.214 e. The quantitative estimate of drug-likeness (QED) is 0.512. The highest BCUT2D eigenvalue weighted by atomic mass is 32.1. The molecule has 132 valence electrons. The van der Waals surface area contributed by atoms with E-state index in [1.807, 2.05) is 29.0 Å². The molecule has 3 heterocycles. The largest absolute Gasteiger partial charge is 0.385 e. The van der Waals surface area contributed by atoms with E-state index >= 15 is 0 Å². The maximum atomic E-state index is 4.63. The van der Waals surface area contributed by atoms with E-state index in [0.717, 1.165) is 46.5 Å². The van der Waals surface area contributed by atoms with Gasteiger partial charge in [-0.05, 0) is 36.2 Å². The van der Waals surface area contributed by atoms with Gasteiger partial charge in [-0.15, -0.1) is 5.10 Å². The minimum absolute atomic E-state index is 0.736. The molecule has 6 nitrogen and oxygen atoms in total. The van der Waals surface area contributed by atoms with Gasteiger partial charge in [-0.3, -0.25) is 4.98 Å². The Morgan fingerprint density at radius 2 is 2.00 bits per heavy atom. The number of rotatable bonds is 7. The Morgan fingerprint density at radius 1 is 1.12 bits per heavy atom. The van der Waals surface area contributed by atoms with Crippen LogP contribution in [0.3, 0.4) is 0 Å². The van der Waals surface area contributed by atoms with E-state index in [2.05, 4.69) is 56.9 Å². The smallest absolute Gasteiger partial charge is 0.214 e. The van der Waals surface area contributed by atoms with Crippen molar-refractivity contribution in [1.82, 2.24) is 19.6 Å².